The number of hydrogen-bond donors (Lipinski definition) is 1. The van der Waals surface area contributed by atoms with Crippen LogP contribution in [-0.2, 0) is 4.79 Å². The molecule has 0 amide bonds. The molecule has 0 fully saturated rings. The smallest absolute Gasteiger partial charge is 0.307 e. The Morgan fingerprint density at radius 2 is 2.38 bits per heavy atom. The first kappa shape index (κ1) is 12.3. The molecule has 0 unspecified atom stereocenters. The SMILES string of the molecule is C[C@@H](CC(=O)O)Oc1cccc(Cl)c1C#N. The predicted molar refractivity (Wildman–Crippen MR) is 58.5 cm³/mol. The van der Waals surface area contributed by atoms with Crippen molar-refractivity contribution in [2.75, 3.05) is 0 Å². The van der Waals surface area contributed by atoms with Gasteiger partial charge in [-0.1, -0.05) is 17.7 Å². The molecule has 0 aliphatic heterocycles. The fraction of sp³-hybridized carbons (Fsp3) is 0.273. The summed E-state index contributed by atoms with van der Waals surface area (Å²) in [5, 5.41) is 17.7. The zero-order valence-electron chi connectivity index (χ0n) is 8.61. The van der Waals surface area contributed by atoms with Crippen molar-refractivity contribution < 1.29 is 14.6 Å². The Morgan fingerprint density at radius 1 is 1.69 bits per heavy atom. The number of carboxylic acids is 1. The van der Waals surface area contributed by atoms with Crippen molar-refractivity contribution in [3.63, 3.8) is 0 Å². The highest BCUT2D eigenvalue weighted by Crippen LogP contribution is 2.26. The lowest BCUT2D eigenvalue weighted by atomic mass is 10.2. The summed E-state index contributed by atoms with van der Waals surface area (Å²) in [5.41, 5.74) is 0.224. The number of hydrogen-bond acceptors (Lipinski definition) is 3. The summed E-state index contributed by atoms with van der Waals surface area (Å²) in [6.45, 7) is 1.62. The minimum Gasteiger partial charge on any atom is -0.489 e. The predicted octanol–water partition coefficient (Wildman–Crippen LogP) is 2.45. The summed E-state index contributed by atoms with van der Waals surface area (Å²) in [5.74, 6) is -0.642. The average Bonchev–Trinajstić information content (AvgIpc) is 2.16. The Hall–Kier alpha value is -1.73. The van der Waals surface area contributed by atoms with Crippen LogP contribution in [0.3, 0.4) is 0 Å². The molecule has 0 aliphatic carbocycles. The molecule has 1 atom stereocenters. The lowest BCUT2D eigenvalue weighted by Gasteiger charge is -2.13. The molecule has 1 rings (SSSR count). The largest absolute Gasteiger partial charge is 0.489 e. The van der Waals surface area contributed by atoms with E-state index in [0.717, 1.165) is 0 Å². The van der Waals surface area contributed by atoms with Crippen LogP contribution in [0.25, 0.3) is 0 Å². The third-order valence-electron chi connectivity index (χ3n) is 1.88. The van der Waals surface area contributed by atoms with Crippen LogP contribution in [0.1, 0.15) is 18.9 Å². The van der Waals surface area contributed by atoms with Crippen LogP contribution in [0.5, 0.6) is 5.75 Å². The zero-order valence-corrected chi connectivity index (χ0v) is 9.36. The first-order valence-electron chi connectivity index (χ1n) is 4.61. The van der Waals surface area contributed by atoms with Gasteiger partial charge in [-0.2, -0.15) is 5.26 Å². The van der Waals surface area contributed by atoms with Crippen molar-refractivity contribution in [1.29, 1.82) is 5.26 Å². The fourth-order valence-corrected chi connectivity index (χ4v) is 1.42. The van der Waals surface area contributed by atoms with E-state index in [4.69, 9.17) is 26.7 Å². The molecule has 5 heteroatoms. The van der Waals surface area contributed by atoms with Crippen LogP contribution in [-0.4, -0.2) is 17.2 Å². The molecule has 0 radical (unpaired) electrons. The molecule has 1 N–H and O–H groups in total. The van der Waals surface area contributed by atoms with Gasteiger partial charge < -0.3 is 9.84 Å². The third-order valence-corrected chi connectivity index (χ3v) is 2.19. The Balaban J connectivity index is 2.85. The summed E-state index contributed by atoms with van der Waals surface area (Å²) >= 11 is 5.80. The highest BCUT2D eigenvalue weighted by molar-refractivity contribution is 6.31. The molecule has 0 spiro atoms. The topological polar surface area (TPSA) is 70.3 Å². The van der Waals surface area contributed by atoms with Crippen molar-refractivity contribution in [3.05, 3.63) is 28.8 Å². The maximum absolute atomic E-state index is 10.5. The molecule has 0 saturated carbocycles. The highest BCUT2D eigenvalue weighted by atomic mass is 35.5. The average molecular weight is 240 g/mol. The Morgan fingerprint density at radius 3 is 2.94 bits per heavy atom. The maximum Gasteiger partial charge on any atom is 0.307 e. The van der Waals surface area contributed by atoms with E-state index in [9.17, 15) is 4.79 Å². The molecule has 0 aromatic heterocycles. The third kappa shape index (κ3) is 3.14. The van der Waals surface area contributed by atoms with E-state index in [0.29, 0.717) is 10.8 Å². The molecule has 84 valence electrons. The standard InChI is InChI=1S/C11H10ClNO3/c1-7(5-11(14)15)16-10-4-2-3-9(12)8(10)6-13/h2-4,7H,5H2,1H3,(H,14,15)/t7-/m0/s1. The van der Waals surface area contributed by atoms with Gasteiger partial charge in [-0.05, 0) is 19.1 Å². The molecular weight excluding hydrogens is 230 g/mol. The van der Waals surface area contributed by atoms with Gasteiger partial charge in [-0.15, -0.1) is 0 Å². The van der Waals surface area contributed by atoms with Crippen LogP contribution in [0.4, 0.5) is 0 Å². The first-order chi connectivity index (χ1) is 7.54. The Labute approximate surface area is 98.0 Å². The lowest BCUT2D eigenvalue weighted by Crippen LogP contribution is -2.17. The van der Waals surface area contributed by atoms with Crippen molar-refractivity contribution in [1.82, 2.24) is 0 Å². The van der Waals surface area contributed by atoms with E-state index in [-0.39, 0.29) is 12.0 Å². The van der Waals surface area contributed by atoms with E-state index in [1.54, 1.807) is 25.1 Å². The second kappa shape index (κ2) is 5.38. The van der Waals surface area contributed by atoms with E-state index in [2.05, 4.69) is 0 Å². The monoisotopic (exact) mass is 239 g/mol. The van der Waals surface area contributed by atoms with Gasteiger partial charge in [0.2, 0.25) is 0 Å². The number of aliphatic carboxylic acids is 1. The molecule has 0 heterocycles. The van der Waals surface area contributed by atoms with E-state index in [1.807, 2.05) is 6.07 Å². The fourth-order valence-electron chi connectivity index (χ4n) is 1.22. The van der Waals surface area contributed by atoms with Gasteiger partial charge in [0.25, 0.3) is 0 Å². The Kier molecular flexibility index (Phi) is 4.15. The number of nitriles is 1. The van der Waals surface area contributed by atoms with Gasteiger partial charge in [0, 0.05) is 0 Å². The van der Waals surface area contributed by atoms with Gasteiger partial charge in [0.05, 0.1) is 11.4 Å². The van der Waals surface area contributed by atoms with Crippen molar-refractivity contribution in [2.45, 2.75) is 19.4 Å². The van der Waals surface area contributed by atoms with Crippen molar-refractivity contribution >= 4 is 17.6 Å². The van der Waals surface area contributed by atoms with E-state index < -0.39 is 12.1 Å². The lowest BCUT2D eigenvalue weighted by molar-refractivity contribution is -0.138. The van der Waals surface area contributed by atoms with Crippen molar-refractivity contribution in [3.8, 4) is 11.8 Å². The number of rotatable bonds is 4. The number of benzene rings is 1. The Bertz CT molecular complexity index is 439. The summed E-state index contributed by atoms with van der Waals surface area (Å²) in [7, 11) is 0. The van der Waals surface area contributed by atoms with Gasteiger partial charge in [-0.25, -0.2) is 0 Å². The summed E-state index contributed by atoms with van der Waals surface area (Å²) in [6, 6.07) is 6.73. The van der Waals surface area contributed by atoms with Gasteiger partial charge in [0.1, 0.15) is 23.5 Å². The van der Waals surface area contributed by atoms with Crippen LogP contribution in [0, 0.1) is 11.3 Å². The maximum atomic E-state index is 10.5. The van der Waals surface area contributed by atoms with Crippen LogP contribution in [0.2, 0.25) is 5.02 Å². The molecule has 1 aromatic carbocycles. The molecule has 16 heavy (non-hydrogen) atoms. The first-order valence-corrected chi connectivity index (χ1v) is 4.99. The van der Waals surface area contributed by atoms with Crippen LogP contribution >= 0.6 is 11.6 Å². The number of ether oxygens (including phenoxy) is 1. The summed E-state index contributed by atoms with van der Waals surface area (Å²) < 4.78 is 5.34. The van der Waals surface area contributed by atoms with Crippen LogP contribution < -0.4 is 4.74 Å². The molecule has 4 nitrogen and oxygen atoms in total. The van der Waals surface area contributed by atoms with Crippen LogP contribution in [0.15, 0.2) is 18.2 Å². The van der Waals surface area contributed by atoms with E-state index >= 15 is 0 Å². The molecule has 0 bridgehead atoms. The highest BCUT2D eigenvalue weighted by Gasteiger charge is 2.13. The minimum atomic E-state index is -0.951. The summed E-state index contributed by atoms with van der Waals surface area (Å²) in [4.78, 5) is 10.5. The van der Waals surface area contributed by atoms with Gasteiger partial charge in [-0.3, -0.25) is 4.79 Å². The van der Waals surface area contributed by atoms with Gasteiger partial charge in [0.15, 0.2) is 0 Å². The minimum absolute atomic E-state index is 0.128. The zero-order chi connectivity index (χ0) is 12.1. The second-order valence-electron chi connectivity index (χ2n) is 3.25. The molecule has 0 aliphatic rings. The number of carboxylic acid groups (broad SMARTS) is 1. The summed E-state index contributed by atoms with van der Waals surface area (Å²) in [6.07, 6.45) is -0.639. The van der Waals surface area contributed by atoms with E-state index in [1.165, 1.54) is 0 Å². The number of halogens is 1. The normalized spacial score (nSPS) is 11.6. The second-order valence-corrected chi connectivity index (χ2v) is 3.66. The quantitative estimate of drug-likeness (QED) is 0.876. The molecular formula is C11H10ClNO3. The molecule has 0 saturated heterocycles. The van der Waals surface area contributed by atoms with Gasteiger partial charge >= 0.3 is 5.97 Å². The number of carbonyl (C=O) groups is 1. The number of nitrogens with zero attached hydrogens (tertiary/aromatic N) is 1. The molecule has 1 aromatic rings. The van der Waals surface area contributed by atoms with Crippen molar-refractivity contribution in [2.24, 2.45) is 0 Å².